The lowest BCUT2D eigenvalue weighted by atomic mass is 9.76. The van der Waals surface area contributed by atoms with Gasteiger partial charge < -0.3 is 14.7 Å². The van der Waals surface area contributed by atoms with Gasteiger partial charge >= 0.3 is 6.09 Å². The minimum absolute atomic E-state index is 0.0794. The lowest BCUT2D eigenvalue weighted by Crippen LogP contribution is -2.41. The standard InChI is InChI=1S/C21H31NO3/c1-15(2)22(16(3)4)20(24)25-14-18-12-9-13-21(18,5)19(23)17-10-7-6-8-11-17/h6-8,10-11,14-16,19,23H,9,12-13H2,1-5H3/b18-14-/t19-,21+/m1/s1. The quantitative estimate of drug-likeness (QED) is 0.760. The summed E-state index contributed by atoms with van der Waals surface area (Å²) in [6, 6.07) is 9.85. The van der Waals surface area contributed by atoms with Gasteiger partial charge in [-0.05, 0) is 58.1 Å². The van der Waals surface area contributed by atoms with E-state index in [1.165, 1.54) is 0 Å². The fraction of sp³-hybridized carbons (Fsp3) is 0.571. The molecule has 0 unspecified atom stereocenters. The van der Waals surface area contributed by atoms with Crippen LogP contribution in [0.2, 0.25) is 0 Å². The Morgan fingerprint density at radius 3 is 2.36 bits per heavy atom. The van der Waals surface area contributed by atoms with E-state index in [9.17, 15) is 9.90 Å². The number of benzene rings is 1. The number of aliphatic hydroxyl groups is 1. The van der Waals surface area contributed by atoms with Crippen molar-refractivity contribution in [2.75, 3.05) is 0 Å². The van der Waals surface area contributed by atoms with Gasteiger partial charge in [0.05, 0.1) is 12.4 Å². The molecule has 1 aliphatic rings. The van der Waals surface area contributed by atoms with Gasteiger partial charge in [0.1, 0.15) is 0 Å². The van der Waals surface area contributed by atoms with E-state index in [4.69, 9.17) is 4.74 Å². The third-order valence-electron chi connectivity index (χ3n) is 5.22. The highest BCUT2D eigenvalue weighted by Crippen LogP contribution is 2.50. The smallest absolute Gasteiger partial charge is 0.415 e. The molecule has 2 rings (SSSR count). The Kier molecular flexibility index (Phi) is 6.28. The molecule has 0 bridgehead atoms. The molecule has 25 heavy (non-hydrogen) atoms. The van der Waals surface area contributed by atoms with Crippen LogP contribution in [0.4, 0.5) is 4.79 Å². The maximum atomic E-state index is 12.4. The summed E-state index contributed by atoms with van der Waals surface area (Å²) in [5.74, 6) is 0. The second-order valence-electron chi connectivity index (χ2n) is 7.71. The normalized spacial score (nSPS) is 23.3. The van der Waals surface area contributed by atoms with Gasteiger partial charge in [-0.2, -0.15) is 0 Å². The zero-order valence-electron chi connectivity index (χ0n) is 16.0. The summed E-state index contributed by atoms with van der Waals surface area (Å²) in [5.41, 5.74) is 1.50. The molecule has 2 atom stereocenters. The number of carbonyl (C=O) groups is 1. The highest BCUT2D eigenvalue weighted by atomic mass is 16.5. The van der Waals surface area contributed by atoms with Crippen LogP contribution in [-0.4, -0.2) is 28.2 Å². The molecule has 0 radical (unpaired) electrons. The summed E-state index contributed by atoms with van der Waals surface area (Å²) in [6.07, 6.45) is 3.36. The molecule has 0 spiro atoms. The van der Waals surface area contributed by atoms with Crippen molar-refractivity contribution in [3.63, 3.8) is 0 Å². The second kappa shape index (κ2) is 8.05. The molecule has 1 saturated carbocycles. The molecule has 0 heterocycles. The molecule has 1 fully saturated rings. The number of nitrogens with zero attached hydrogens (tertiary/aromatic N) is 1. The minimum atomic E-state index is -0.604. The predicted octanol–water partition coefficient (Wildman–Crippen LogP) is 5.05. The Hall–Kier alpha value is -1.81. The zero-order valence-corrected chi connectivity index (χ0v) is 16.0. The van der Waals surface area contributed by atoms with Crippen molar-refractivity contribution in [3.05, 3.63) is 47.7 Å². The van der Waals surface area contributed by atoms with Crippen molar-refractivity contribution in [3.8, 4) is 0 Å². The van der Waals surface area contributed by atoms with Crippen molar-refractivity contribution < 1.29 is 14.6 Å². The molecule has 1 aromatic rings. The first-order chi connectivity index (χ1) is 11.8. The summed E-state index contributed by atoms with van der Waals surface area (Å²) in [7, 11) is 0. The molecule has 1 aliphatic carbocycles. The van der Waals surface area contributed by atoms with Crippen LogP contribution >= 0.6 is 0 Å². The number of ether oxygens (including phenoxy) is 1. The highest BCUT2D eigenvalue weighted by Gasteiger charge is 2.41. The van der Waals surface area contributed by atoms with E-state index in [1.54, 1.807) is 11.2 Å². The Labute approximate surface area is 151 Å². The van der Waals surface area contributed by atoms with Gasteiger partial charge in [0.25, 0.3) is 0 Å². The van der Waals surface area contributed by atoms with Crippen molar-refractivity contribution >= 4 is 6.09 Å². The average Bonchev–Trinajstić information content (AvgIpc) is 2.94. The topological polar surface area (TPSA) is 49.8 Å². The summed E-state index contributed by atoms with van der Waals surface area (Å²) in [4.78, 5) is 14.1. The van der Waals surface area contributed by atoms with Crippen LogP contribution in [0.25, 0.3) is 0 Å². The monoisotopic (exact) mass is 345 g/mol. The first-order valence-corrected chi connectivity index (χ1v) is 9.19. The van der Waals surface area contributed by atoms with E-state index in [-0.39, 0.29) is 18.2 Å². The minimum Gasteiger partial charge on any atom is -0.418 e. The first kappa shape index (κ1) is 19.5. The third-order valence-corrected chi connectivity index (χ3v) is 5.22. The van der Waals surface area contributed by atoms with Gasteiger partial charge in [-0.15, -0.1) is 0 Å². The predicted molar refractivity (Wildman–Crippen MR) is 100 cm³/mol. The number of hydrogen-bond donors (Lipinski definition) is 1. The molecule has 138 valence electrons. The van der Waals surface area contributed by atoms with Gasteiger partial charge in [0.2, 0.25) is 0 Å². The summed E-state index contributed by atoms with van der Waals surface area (Å²) in [5, 5.41) is 10.9. The van der Waals surface area contributed by atoms with Gasteiger partial charge in [0.15, 0.2) is 0 Å². The Morgan fingerprint density at radius 1 is 1.20 bits per heavy atom. The number of carbonyl (C=O) groups excluding carboxylic acids is 1. The van der Waals surface area contributed by atoms with Crippen LogP contribution in [0, 0.1) is 5.41 Å². The SMILES string of the molecule is CC(C)N(C(=O)O/C=C1/CCC[C@]1(C)[C@H](O)c1ccccc1)C(C)C. The van der Waals surface area contributed by atoms with Crippen LogP contribution in [0.5, 0.6) is 0 Å². The summed E-state index contributed by atoms with van der Waals surface area (Å²) >= 11 is 0. The van der Waals surface area contributed by atoms with Crippen molar-refractivity contribution in [1.82, 2.24) is 4.90 Å². The third kappa shape index (κ3) is 4.24. The molecule has 4 heteroatoms. The van der Waals surface area contributed by atoms with Crippen LogP contribution < -0.4 is 0 Å². The molecule has 4 nitrogen and oxygen atoms in total. The summed E-state index contributed by atoms with van der Waals surface area (Å²) in [6.45, 7) is 9.97. The van der Waals surface area contributed by atoms with Crippen LogP contribution in [-0.2, 0) is 4.74 Å². The van der Waals surface area contributed by atoms with E-state index in [2.05, 4.69) is 6.92 Å². The number of rotatable bonds is 5. The van der Waals surface area contributed by atoms with Gasteiger partial charge in [-0.25, -0.2) is 4.79 Å². The second-order valence-corrected chi connectivity index (χ2v) is 7.71. The molecule has 1 N–H and O–H groups in total. The van der Waals surface area contributed by atoms with E-state index < -0.39 is 11.5 Å². The fourth-order valence-corrected chi connectivity index (χ4v) is 3.80. The van der Waals surface area contributed by atoms with E-state index >= 15 is 0 Å². The maximum absolute atomic E-state index is 12.4. The van der Waals surface area contributed by atoms with E-state index in [1.807, 2.05) is 58.0 Å². The lowest BCUT2D eigenvalue weighted by Gasteiger charge is -2.33. The van der Waals surface area contributed by atoms with Crippen LogP contribution in [0.3, 0.4) is 0 Å². The molecule has 0 aromatic heterocycles. The van der Waals surface area contributed by atoms with E-state index in [0.29, 0.717) is 0 Å². The average molecular weight is 345 g/mol. The molecule has 1 amide bonds. The first-order valence-electron chi connectivity index (χ1n) is 9.19. The van der Waals surface area contributed by atoms with E-state index in [0.717, 1.165) is 30.4 Å². The molecule has 0 aliphatic heterocycles. The molecular formula is C21H31NO3. The summed E-state index contributed by atoms with van der Waals surface area (Å²) < 4.78 is 5.51. The number of amides is 1. The van der Waals surface area contributed by atoms with Crippen LogP contribution in [0.15, 0.2) is 42.2 Å². The maximum Gasteiger partial charge on any atom is 0.415 e. The van der Waals surface area contributed by atoms with Crippen molar-refractivity contribution in [2.45, 2.75) is 72.1 Å². The molecule has 0 saturated heterocycles. The Bertz CT molecular complexity index is 601. The molecule has 1 aromatic carbocycles. The Morgan fingerprint density at radius 2 is 1.80 bits per heavy atom. The highest BCUT2D eigenvalue weighted by molar-refractivity contribution is 5.69. The lowest BCUT2D eigenvalue weighted by molar-refractivity contribution is 0.0623. The van der Waals surface area contributed by atoms with Gasteiger partial charge in [0, 0.05) is 17.5 Å². The van der Waals surface area contributed by atoms with Crippen molar-refractivity contribution in [1.29, 1.82) is 0 Å². The van der Waals surface area contributed by atoms with Gasteiger partial charge in [-0.1, -0.05) is 37.3 Å². The largest absolute Gasteiger partial charge is 0.418 e. The number of aliphatic hydroxyl groups excluding tert-OH is 1. The fourth-order valence-electron chi connectivity index (χ4n) is 3.80. The van der Waals surface area contributed by atoms with Gasteiger partial charge in [-0.3, -0.25) is 0 Å². The van der Waals surface area contributed by atoms with Crippen molar-refractivity contribution in [2.24, 2.45) is 5.41 Å². The van der Waals surface area contributed by atoms with Crippen LogP contribution in [0.1, 0.15) is 65.5 Å². The molecular weight excluding hydrogens is 314 g/mol. The Balaban J connectivity index is 2.17. The number of hydrogen-bond acceptors (Lipinski definition) is 3. The zero-order chi connectivity index (χ0) is 18.6.